The number of aromatic nitrogens is 2. The van der Waals surface area contributed by atoms with Gasteiger partial charge >= 0.3 is 0 Å². The van der Waals surface area contributed by atoms with Gasteiger partial charge < -0.3 is 19.9 Å². The maximum Gasteiger partial charge on any atom is 0.226 e. The lowest BCUT2D eigenvalue weighted by Crippen LogP contribution is -2.43. The van der Waals surface area contributed by atoms with Crippen molar-refractivity contribution in [3.63, 3.8) is 0 Å². The van der Waals surface area contributed by atoms with Gasteiger partial charge in [-0.05, 0) is 13.8 Å². The highest BCUT2D eigenvalue weighted by molar-refractivity contribution is 5.31. The zero-order chi connectivity index (χ0) is 13.2. The van der Waals surface area contributed by atoms with Gasteiger partial charge in [-0.1, -0.05) is 0 Å². The Kier molecular flexibility index (Phi) is 3.68. The number of hydrogen-bond acceptors (Lipinski definition) is 6. The van der Waals surface area contributed by atoms with Gasteiger partial charge in [0.15, 0.2) is 0 Å². The highest BCUT2D eigenvalue weighted by Crippen LogP contribution is 2.25. The Morgan fingerprint density at radius 1 is 1.61 bits per heavy atom. The van der Waals surface area contributed by atoms with Crippen LogP contribution < -0.4 is 10.1 Å². The molecule has 2 rings (SSSR count). The quantitative estimate of drug-likeness (QED) is 0.824. The van der Waals surface area contributed by atoms with Gasteiger partial charge in [0.1, 0.15) is 5.60 Å². The van der Waals surface area contributed by atoms with E-state index in [0.717, 1.165) is 5.69 Å². The van der Waals surface area contributed by atoms with Crippen LogP contribution in [-0.4, -0.2) is 47.0 Å². The number of aliphatic hydroxyl groups is 1. The standard InChI is InChI=1S/C12H19N3O3/c1-8-6-10(17-3)15-11(14-8)13-7-12(16)4-5-18-9(12)2/h6,9,16H,4-5,7H2,1-3H3,(H,13,14,15). The van der Waals surface area contributed by atoms with Gasteiger partial charge in [-0.2, -0.15) is 4.98 Å². The zero-order valence-electron chi connectivity index (χ0n) is 10.9. The van der Waals surface area contributed by atoms with Crippen LogP contribution >= 0.6 is 0 Å². The zero-order valence-corrected chi connectivity index (χ0v) is 10.9. The molecular weight excluding hydrogens is 234 g/mol. The molecule has 0 spiro atoms. The first-order valence-electron chi connectivity index (χ1n) is 6.01. The van der Waals surface area contributed by atoms with E-state index in [0.29, 0.717) is 31.4 Å². The minimum absolute atomic E-state index is 0.184. The molecule has 18 heavy (non-hydrogen) atoms. The topological polar surface area (TPSA) is 76.5 Å². The van der Waals surface area contributed by atoms with Crippen molar-refractivity contribution in [3.05, 3.63) is 11.8 Å². The molecule has 1 aromatic heterocycles. The minimum Gasteiger partial charge on any atom is -0.481 e. The third-order valence-corrected chi connectivity index (χ3v) is 3.25. The predicted molar refractivity (Wildman–Crippen MR) is 66.8 cm³/mol. The number of ether oxygens (including phenoxy) is 2. The van der Waals surface area contributed by atoms with Gasteiger partial charge in [0.05, 0.1) is 13.2 Å². The van der Waals surface area contributed by atoms with Crippen LogP contribution in [0, 0.1) is 6.92 Å². The summed E-state index contributed by atoms with van der Waals surface area (Å²) in [4.78, 5) is 8.42. The average Bonchev–Trinajstić information content (AvgIpc) is 2.67. The molecule has 1 fully saturated rings. The molecular formula is C12H19N3O3. The van der Waals surface area contributed by atoms with E-state index in [9.17, 15) is 5.11 Å². The lowest BCUT2D eigenvalue weighted by molar-refractivity contribution is -0.0177. The van der Waals surface area contributed by atoms with Gasteiger partial charge in [-0.3, -0.25) is 0 Å². The fraction of sp³-hybridized carbons (Fsp3) is 0.667. The van der Waals surface area contributed by atoms with Crippen molar-refractivity contribution in [1.82, 2.24) is 9.97 Å². The summed E-state index contributed by atoms with van der Waals surface area (Å²) in [5, 5.41) is 13.4. The third-order valence-electron chi connectivity index (χ3n) is 3.25. The van der Waals surface area contributed by atoms with Crippen molar-refractivity contribution in [2.24, 2.45) is 0 Å². The fourth-order valence-corrected chi connectivity index (χ4v) is 1.96. The number of rotatable bonds is 4. The lowest BCUT2D eigenvalue weighted by atomic mass is 9.97. The molecule has 2 heterocycles. The van der Waals surface area contributed by atoms with Crippen LogP contribution in [-0.2, 0) is 4.74 Å². The number of nitrogens with one attached hydrogen (secondary N) is 1. The summed E-state index contributed by atoms with van der Waals surface area (Å²) in [6, 6.07) is 1.75. The summed E-state index contributed by atoms with van der Waals surface area (Å²) < 4.78 is 10.4. The van der Waals surface area contributed by atoms with Crippen LogP contribution in [0.5, 0.6) is 5.88 Å². The van der Waals surface area contributed by atoms with Crippen molar-refractivity contribution in [2.75, 3.05) is 25.6 Å². The molecule has 0 radical (unpaired) electrons. The molecule has 0 saturated carbocycles. The molecule has 1 aliphatic heterocycles. The lowest BCUT2D eigenvalue weighted by Gasteiger charge is -2.26. The van der Waals surface area contributed by atoms with Crippen LogP contribution in [0.15, 0.2) is 6.07 Å². The second-order valence-electron chi connectivity index (χ2n) is 4.60. The maximum atomic E-state index is 10.3. The molecule has 6 nitrogen and oxygen atoms in total. The van der Waals surface area contributed by atoms with Crippen molar-refractivity contribution in [2.45, 2.75) is 32.0 Å². The van der Waals surface area contributed by atoms with E-state index in [4.69, 9.17) is 9.47 Å². The first-order chi connectivity index (χ1) is 8.53. The second kappa shape index (κ2) is 5.07. The van der Waals surface area contributed by atoms with E-state index in [2.05, 4.69) is 15.3 Å². The Balaban J connectivity index is 2.04. The van der Waals surface area contributed by atoms with Crippen molar-refractivity contribution in [3.8, 4) is 5.88 Å². The highest BCUT2D eigenvalue weighted by Gasteiger charge is 2.39. The SMILES string of the molecule is COc1cc(C)nc(NCC2(O)CCOC2C)n1. The minimum atomic E-state index is -0.861. The molecule has 6 heteroatoms. The van der Waals surface area contributed by atoms with Gasteiger partial charge in [0.25, 0.3) is 0 Å². The Labute approximate surface area is 106 Å². The number of nitrogens with zero attached hydrogens (tertiary/aromatic N) is 2. The average molecular weight is 253 g/mol. The van der Waals surface area contributed by atoms with Crippen LogP contribution in [0.25, 0.3) is 0 Å². The maximum absolute atomic E-state index is 10.3. The van der Waals surface area contributed by atoms with E-state index in [-0.39, 0.29) is 6.10 Å². The fourth-order valence-electron chi connectivity index (χ4n) is 1.96. The molecule has 2 N–H and O–H groups in total. The molecule has 2 unspecified atom stereocenters. The summed E-state index contributed by atoms with van der Waals surface area (Å²) in [6.07, 6.45) is 0.432. The second-order valence-corrected chi connectivity index (χ2v) is 4.60. The number of anilines is 1. The summed E-state index contributed by atoms with van der Waals surface area (Å²) in [6.45, 7) is 4.68. The van der Waals surface area contributed by atoms with E-state index >= 15 is 0 Å². The Hall–Kier alpha value is -1.40. The first-order valence-corrected chi connectivity index (χ1v) is 6.01. The normalized spacial score (nSPS) is 27.2. The molecule has 2 atom stereocenters. The van der Waals surface area contributed by atoms with Crippen LogP contribution in [0.4, 0.5) is 5.95 Å². The predicted octanol–water partition coefficient (Wildman–Crippen LogP) is 0.745. The molecule has 100 valence electrons. The van der Waals surface area contributed by atoms with E-state index in [1.54, 1.807) is 13.2 Å². The smallest absolute Gasteiger partial charge is 0.226 e. The molecule has 1 aromatic rings. The molecule has 0 amide bonds. The van der Waals surface area contributed by atoms with Crippen molar-refractivity contribution >= 4 is 5.95 Å². The monoisotopic (exact) mass is 253 g/mol. The van der Waals surface area contributed by atoms with Crippen LogP contribution in [0.3, 0.4) is 0 Å². The molecule has 0 aromatic carbocycles. The van der Waals surface area contributed by atoms with E-state index in [1.807, 2.05) is 13.8 Å². The molecule has 1 saturated heterocycles. The van der Waals surface area contributed by atoms with Gasteiger partial charge in [0, 0.05) is 31.3 Å². The molecule has 1 aliphatic rings. The Morgan fingerprint density at radius 2 is 2.39 bits per heavy atom. The van der Waals surface area contributed by atoms with Gasteiger partial charge in [-0.15, -0.1) is 0 Å². The van der Waals surface area contributed by atoms with Gasteiger partial charge in [0.2, 0.25) is 11.8 Å². The van der Waals surface area contributed by atoms with Gasteiger partial charge in [-0.25, -0.2) is 4.98 Å². The Morgan fingerprint density at radius 3 is 3.00 bits per heavy atom. The van der Waals surface area contributed by atoms with Crippen molar-refractivity contribution in [1.29, 1.82) is 0 Å². The molecule has 0 bridgehead atoms. The van der Waals surface area contributed by atoms with E-state index in [1.165, 1.54) is 0 Å². The summed E-state index contributed by atoms with van der Waals surface area (Å²) in [5.41, 5.74) is -0.0487. The number of methoxy groups -OCH3 is 1. The number of hydrogen-bond donors (Lipinski definition) is 2. The van der Waals surface area contributed by atoms with Crippen molar-refractivity contribution < 1.29 is 14.6 Å². The van der Waals surface area contributed by atoms with E-state index < -0.39 is 5.60 Å². The highest BCUT2D eigenvalue weighted by atomic mass is 16.5. The summed E-state index contributed by atoms with van der Waals surface area (Å²) in [5.74, 6) is 0.965. The molecule has 0 aliphatic carbocycles. The van der Waals surface area contributed by atoms with Crippen LogP contribution in [0.1, 0.15) is 19.0 Å². The third kappa shape index (κ3) is 2.70. The van der Waals surface area contributed by atoms with Crippen LogP contribution in [0.2, 0.25) is 0 Å². The largest absolute Gasteiger partial charge is 0.481 e. The Bertz CT molecular complexity index is 427. The number of aryl methyl sites for hydroxylation is 1. The summed E-state index contributed by atoms with van der Waals surface area (Å²) >= 11 is 0. The summed E-state index contributed by atoms with van der Waals surface area (Å²) in [7, 11) is 1.56. The first kappa shape index (κ1) is 13.0.